The van der Waals surface area contributed by atoms with E-state index in [9.17, 15) is 78.3 Å². The molecule has 19 N–H and O–H groups in total. The minimum atomic E-state index is -1.84. The number of nitrogens with one attached hydrogen (secondary N) is 10. The van der Waals surface area contributed by atoms with E-state index >= 15 is 0 Å². The van der Waals surface area contributed by atoms with Gasteiger partial charge in [-0.15, -0.1) is 0 Å². The maximum Gasteiger partial charge on any atom is 0.326 e. The van der Waals surface area contributed by atoms with Crippen LogP contribution in [0, 0.1) is 11.8 Å². The molecule has 0 fully saturated rings. The predicted molar refractivity (Wildman–Crippen MR) is 275 cm³/mol. The van der Waals surface area contributed by atoms with E-state index in [0.717, 1.165) is 0 Å². The summed E-state index contributed by atoms with van der Waals surface area (Å²) in [4.78, 5) is 151. The first-order valence-electron chi connectivity index (χ1n) is 24.4. The van der Waals surface area contributed by atoms with Crippen LogP contribution in [0.25, 0.3) is 0 Å². The zero-order valence-corrected chi connectivity index (χ0v) is 44.1. The SMILES string of the molecule is CSCC[C@H](NC(=O)[C@H](Cc1ccc(O)cc1)NC(=O)CNC(=O)[C@@H](NC(=O)[C@H](CO)NC(=O)[C@H](CO)NC(=O)[C@H](CCC(N)=O)NC(=O)[C@H](CC(C)C)NC(=O)[C@@H](N)CO)C(C)C)C(=O)N[C@@H](Cc1cnc[nH]1)C(=O)O. The number of thioether (sulfide) groups is 1. The molecular weight excluding hydrogens is 1030 g/mol. The maximum absolute atomic E-state index is 13.9. The van der Waals surface area contributed by atoms with Crippen molar-refractivity contribution in [2.75, 3.05) is 38.4 Å². The highest BCUT2D eigenvalue weighted by molar-refractivity contribution is 7.98. The highest BCUT2D eigenvalue weighted by atomic mass is 32.2. The van der Waals surface area contributed by atoms with Crippen LogP contribution in [0.1, 0.15) is 64.6 Å². The molecule has 30 heteroatoms. The van der Waals surface area contributed by atoms with Crippen molar-refractivity contribution in [3.63, 3.8) is 0 Å². The Balaban J connectivity index is 2.20. The van der Waals surface area contributed by atoms with Crippen LogP contribution in [0.3, 0.4) is 0 Å². The Kier molecular flexibility index (Phi) is 28.7. The first kappa shape index (κ1) is 65.7. The third kappa shape index (κ3) is 23.6. The average molecular weight is 1110 g/mol. The molecule has 9 atom stereocenters. The number of aliphatic hydroxyl groups is 3. The summed E-state index contributed by atoms with van der Waals surface area (Å²) in [7, 11) is 0. The third-order valence-corrected chi connectivity index (χ3v) is 12.0. The Morgan fingerprint density at radius 2 is 1.13 bits per heavy atom. The number of aliphatic carboxylic acids is 1. The molecule has 2 aromatic rings. The maximum atomic E-state index is 13.9. The molecule has 0 aliphatic rings. The molecule has 29 nitrogen and oxygen atoms in total. The molecule has 0 saturated heterocycles. The molecular formula is C47H73N13O16S. The van der Waals surface area contributed by atoms with Crippen molar-refractivity contribution in [2.24, 2.45) is 23.3 Å². The Labute approximate surface area is 447 Å². The molecule has 10 amide bonds. The van der Waals surface area contributed by atoms with Gasteiger partial charge in [-0.3, -0.25) is 47.9 Å². The number of phenols is 1. The Morgan fingerprint density at radius 1 is 0.623 bits per heavy atom. The molecule has 0 bridgehead atoms. The number of nitrogens with two attached hydrogens (primary N) is 2. The van der Waals surface area contributed by atoms with Gasteiger partial charge in [-0.25, -0.2) is 9.78 Å². The van der Waals surface area contributed by atoms with Crippen molar-refractivity contribution in [2.45, 2.75) is 121 Å². The molecule has 0 aliphatic carbocycles. The molecule has 0 spiro atoms. The number of phenolic OH excluding ortho intramolecular Hbond substituents is 1. The first-order chi connectivity index (χ1) is 36.3. The van der Waals surface area contributed by atoms with E-state index in [2.05, 4.69) is 57.8 Å². The monoisotopic (exact) mass is 1110 g/mol. The molecule has 2 rings (SSSR count). The fraction of sp³-hybridized carbons (Fsp3) is 0.574. The van der Waals surface area contributed by atoms with Crippen LogP contribution in [0.15, 0.2) is 36.8 Å². The van der Waals surface area contributed by atoms with Crippen molar-refractivity contribution in [3.05, 3.63) is 48.0 Å². The molecule has 0 radical (unpaired) electrons. The van der Waals surface area contributed by atoms with Crippen LogP contribution in [0.2, 0.25) is 0 Å². The number of imidazole rings is 1. The van der Waals surface area contributed by atoms with E-state index in [1.165, 1.54) is 62.4 Å². The van der Waals surface area contributed by atoms with Crippen LogP contribution in [0.5, 0.6) is 5.75 Å². The van der Waals surface area contributed by atoms with Gasteiger partial charge in [0.15, 0.2) is 0 Å². The van der Waals surface area contributed by atoms with Gasteiger partial charge < -0.3 is 89.8 Å². The summed E-state index contributed by atoms with van der Waals surface area (Å²) in [5.41, 5.74) is 11.7. The van der Waals surface area contributed by atoms with E-state index in [4.69, 9.17) is 11.5 Å². The molecule has 0 aliphatic heterocycles. The number of aromatic amines is 1. The normalized spacial score (nSPS) is 14.6. The minimum absolute atomic E-state index is 0.0452. The number of aromatic hydroxyl groups is 1. The van der Waals surface area contributed by atoms with Gasteiger partial charge in [0.25, 0.3) is 0 Å². The fourth-order valence-electron chi connectivity index (χ4n) is 7.08. The highest BCUT2D eigenvalue weighted by Crippen LogP contribution is 2.13. The Bertz CT molecular complexity index is 2310. The lowest BCUT2D eigenvalue weighted by molar-refractivity contribution is -0.142. The van der Waals surface area contributed by atoms with Crippen molar-refractivity contribution in [1.29, 1.82) is 0 Å². The second kappa shape index (κ2) is 33.6. The van der Waals surface area contributed by atoms with E-state index < -0.39 is 165 Å². The number of hydrogen-bond donors (Lipinski definition) is 17. The fourth-order valence-corrected chi connectivity index (χ4v) is 7.55. The summed E-state index contributed by atoms with van der Waals surface area (Å²) in [5, 5.41) is 70.6. The van der Waals surface area contributed by atoms with E-state index in [1.807, 2.05) is 0 Å². The Hall–Kier alpha value is -7.41. The summed E-state index contributed by atoms with van der Waals surface area (Å²) in [6, 6.07) is -7.74. The number of carbonyl (C=O) groups is 11. The number of carbonyl (C=O) groups excluding carboxylic acids is 10. The van der Waals surface area contributed by atoms with E-state index in [0.29, 0.717) is 17.0 Å². The van der Waals surface area contributed by atoms with Crippen LogP contribution < -0.4 is 59.3 Å². The number of carboxylic acids is 1. The number of aliphatic hydroxyl groups excluding tert-OH is 3. The second-order valence-electron chi connectivity index (χ2n) is 18.5. The van der Waals surface area contributed by atoms with Gasteiger partial charge in [-0.05, 0) is 60.8 Å². The van der Waals surface area contributed by atoms with Gasteiger partial charge in [0.1, 0.15) is 60.1 Å². The van der Waals surface area contributed by atoms with Gasteiger partial charge >= 0.3 is 5.97 Å². The number of nitrogens with zero attached hydrogens (tertiary/aromatic N) is 1. The summed E-state index contributed by atoms with van der Waals surface area (Å²) in [6.45, 7) is 2.82. The molecule has 0 unspecified atom stereocenters. The number of H-pyrrole nitrogens is 1. The largest absolute Gasteiger partial charge is 0.508 e. The number of benzene rings is 1. The number of hydrogen-bond acceptors (Lipinski definition) is 18. The van der Waals surface area contributed by atoms with Crippen LogP contribution in [-0.4, -0.2) is 193 Å². The Morgan fingerprint density at radius 3 is 1.62 bits per heavy atom. The van der Waals surface area contributed by atoms with Crippen LogP contribution >= 0.6 is 11.8 Å². The lowest BCUT2D eigenvalue weighted by Crippen LogP contribution is -2.61. The van der Waals surface area contributed by atoms with Gasteiger partial charge in [-0.1, -0.05) is 39.8 Å². The first-order valence-corrected chi connectivity index (χ1v) is 25.8. The zero-order chi connectivity index (χ0) is 57.9. The average Bonchev–Trinajstić information content (AvgIpc) is 3.90. The standard InChI is InChI=1S/C47H73N13O16S/c1-23(2)14-31(56-39(67)28(48)19-61)42(70)54-29(10-11-36(49)65)40(68)58-34(20-62)44(72)59-35(21-63)45(73)60-38(24(3)4)46(74)51-18-37(66)53-32(15-25-6-8-27(64)9-7-25)43(71)55-30(12-13-77-5)41(69)57-33(47(75)76)16-26-17-50-22-52-26/h6-9,17,22-24,28-35,38,61-64H,10-16,18-21,48H2,1-5H3,(H2,49,65)(H,50,52)(H,51,74)(H,53,66)(H,54,70)(H,55,71)(H,56,67)(H,57,69)(H,58,68)(H,59,72)(H,60,73)(H,75,76)/t28-,29-,30-,31-,32-,33-,34-,35-,38-/m0/s1. The topological polar surface area (TPSA) is 478 Å². The molecule has 1 heterocycles. The van der Waals surface area contributed by atoms with E-state index in [-0.39, 0.29) is 37.4 Å². The van der Waals surface area contributed by atoms with Gasteiger partial charge in [0.05, 0.1) is 32.7 Å². The van der Waals surface area contributed by atoms with Gasteiger partial charge in [0, 0.05) is 31.2 Å². The van der Waals surface area contributed by atoms with Gasteiger partial charge in [-0.2, -0.15) is 11.8 Å². The third-order valence-electron chi connectivity index (χ3n) is 11.4. The van der Waals surface area contributed by atoms with Crippen LogP contribution in [0.4, 0.5) is 0 Å². The molecule has 1 aromatic heterocycles. The summed E-state index contributed by atoms with van der Waals surface area (Å²) < 4.78 is 0. The molecule has 428 valence electrons. The lowest BCUT2D eigenvalue weighted by atomic mass is 10.0. The number of aromatic nitrogens is 2. The summed E-state index contributed by atoms with van der Waals surface area (Å²) in [5.74, 6) is -11.6. The predicted octanol–water partition coefficient (Wildman–Crippen LogP) is -6.00. The van der Waals surface area contributed by atoms with Crippen molar-refractivity contribution in [1.82, 2.24) is 57.8 Å². The molecule has 1 aromatic carbocycles. The number of primary amides is 1. The lowest BCUT2D eigenvalue weighted by Gasteiger charge is -2.27. The highest BCUT2D eigenvalue weighted by Gasteiger charge is 2.35. The van der Waals surface area contributed by atoms with E-state index in [1.54, 1.807) is 20.1 Å². The second-order valence-corrected chi connectivity index (χ2v) is 19.5. The summed E-state index contributed by atoms with van der Waals surface area (Å²) >= 11 is 1.35. The number of rotatable bonds is 35. The van der Waals surface area contributed by atoms with Crippen LogP contribution in [-0.2, 0) is 65.6 Å². The summed E-state index contributed by atoms with van der Waals surface area (Å²) in [6.07, 6.45) is 3.40. The van der Waals surface area contributed by atoms with Crippen molar-refractivity contribution in [3.8, 4) is 5.75 Å². The van der Waals surface area contributed by atoms with Gasteiger partial charge in [0.2, 0.25) is 59.1 Å². The quantitative estimate of drug-likeness (QED) is 0.0305. The van der Waals surface area contributed by atoms with Crippen molar-refractivity contribution >= 4 is 76.8 Å². The zero-order valence-electron chi connectivity index (χ0n) is 43.3. The minimum Gasteiger partial charge on any atom is -0.508 e. The molecule has 0 saturated carbocycles. The smallest absolute Gasteiger partial charge is 0.326 e. The molecule has 77 heavy (non-hydrogen) atoms. The van der Waals surface area contributed by atoms with Crippen molar-refractivity contribution < 1.29 is 78.3 Å². The number of amides is 10. The number of carboxylic acid groups (broad SMARTS) is 1.